The van der Waals surface area contributed by atoms with Gasteiger partial charge in [0.05, 0.1) is 10.8 Å². The number of sulfonamides is 1. The molecule has 27 heavy (non-hydrogen) atoms. The van der Waals surface area contributed by atoms with E-state index in [0.717, 1.165) is 0 Å². The molecule has 0 bridgehead atoms. The maximum atomic E-state index is 12.7. The zero-order chi connectivity index (χ0) is 19.0. The Bertz CT molecular complexity index is 1070. The number of Topliss-reactive ketones (excluding diaryl/α,β-unsaturated/α-hetero) is 1. The summed E-state index contributed by atoms with van der Waals surface area (Å²) >= 11 is 0. The van der Waals surface area contributed by atoms with Crippen molar-refractivity contribution in [2.24, 2.45) is 0 Å². The lowest BCUT2D eigenvalue weighted by molar-refractivity contribution is 0.101. The highest BCUT2D eigenvalue weighted by atomic mass is 32.2. The highest BCUT2D eigenvalue weighted by Crippen LogP contribution is 2.32. The van der Waals surface area contributed by atoms with Gasteiger partial charge >= 0.3 is 0 Å². The monoisotopic (exact) mass is 384 g/mol. The molecule has 0 radical (unpaired) electrons. The van der Waals surface area contributed by atoms with Crippen LogP contribution in [0.5, 0.6) is 0 Å². The van der Waals surface area contributed by atoms with Crippen molar-refractivity contribution >= 4 is 15.8 Å². The molecular formula is C18H16N4O4S. The van der Waals surface area contributed by atoms with Crippen LogP contribution >= 0.6 is 0 Å². The standard InChI is InChI=1S/C18H16N4O4S/c1-12(23)13-5-7-15(8-6-13)27(24,25)22-10-14(11-22)18-20-17(21-26-18)16-4-2-3-9-19-16/h2-9,14H,10-11H2,1H3. The number of pyridine rings is 1. The van der Waals surface area contributed by atoms with E-state index in [1.54, 1.807) is 18.3 Å². The van der Waals surface area contributed by atoms with Gasteiger partial charge in [-0.15, -0.1) is 0 Å². The predicted molar refractivity (Wildman–Crippen MR) is 95.5 cm³/mol. The summed E-state index contributed by atoms with van der Waals surface area (Å²) in [5.74, 6) is 0.519. The number of hydrogen-bond donors (Lipinski definition) is 0. The third kappa shape index (κ3) is 3.26. The third-order valence-corrected chi connectivity index (χ3v) is 6.28. The lowest BCUT2D eigenvalue weighted by Gasteiger charge is -2.35. The number of aromatic nitrogens is 3. The molecule has 1 aliphatic heterocycles. The second-order valence-electron chi connectivity index (χ2n) is 6.27. The molecule has 0 spiro atoms. The van der Waals surface area contributed by atoms with Crippen LogP contribution in [-0.2, 0) is 10.0 Å². The molecule has 138 valence electrons. The summed E-state index contributed by atoms with van der Waals surface area (Å²) in [5, 5.41) is 3.91. The van der Waals surface area contributed by atoms with Crippen LogP contribution in [0.25, 0.3) is 11.5 Å². The molecule has 1 fully saturated rings. The van der Waals surface area contributed by atoms with Crippen molar-refractivity contribution in [3.8, 4) is 11.5 Å². The van der Waals surface area contributed by atoms with E-state index in [-0.39, 0.29) is 29.7 Å². The van der Waals surface area contributed by atoms with Gasteiger partial charge in [0.15, 0.2) is 5.78 Å². The molecule has 0 unspecified atom stereocenters. The summed E-state index contributed by atoms with van der Waals surface area (Å²) in [4.78, 5) is 20.0. The molecule has 4 rings (SSSR count). The van der Waals surface area contributed by atoms with Crippen LogP contribution < -0.4 is 0 Å². The van der Waals surface area contributed by atoms with Crippen molar-refractivity contribution in [3.63, 3.8) is 0 Å². The zero-order valence-corrected chi connectivity index (χ0v) is 15.3. The van der Waals surface area contributed by atoms with E-state index in [1.807, 2.05) is 6.07 Å². The molecule has 3 heterocycles. The number of hydrogen-bond acceptors (Lipinski definition) is 7. The third-order valence-electron chi connectivity index (χ3n) is 4.43. The molecule has 0 amide bonds. The Morgan fingerprint density at radius 3 is 2.52 bits per heavy atom. The molecule has 2 aromatic heterocycles. The summed E-state index contributed by atoms with van der Waals surface area (Å²) in [5.41, 5.74) is 1.07. The minimum Gasteiger partial charge on any atom is -0.339 e. The van der Waals surface area contributed by atoms with E-state index in [0.29, 0.717) is 23.0 Å². The van der Waals surface area contributed by atoms with Crippen LogP contribution in [0.3, 0.4) is 0 Å². The minimum absolute atomic E-state index is 0.108. The fraction of sp³-hybridized carbons (Fsp3) is 0.222. The maximum Gasteiger partial charge on any atom is 0.243 e. The van der Waals surface area contributed by atoms with Crippen LogP contribution in [0, 0.1) is 0 Å². The Morgan fingerprint density at radius 2 is 1.89 bits per heavy atom. The van der Waals surface area contributed by atoms with Gasteiger partial charge in [-0.1, -0.05) is 23.4 Å². The Hall–Kier alpha value is -2.91. The van der Waals surface area contributed by atoms with Gasteiger partial charge in [0.2, 0.25) is 21.7 Å². The number of carbonyl (C=O) groups excluding carboxylic acids is 1. The molecule has 0 N–H and O–H groups in total. The second-order valence-corrected chi connectivity index (χ2v) is 8.21. The van der Waals surface area contributed by atoms with Crippen molar-refractivity contribution in [2.45, 2.75) is 17.7 Å². The van der Waals surface area contributed by atoms with E-state index < -0.39 is 10.0 Å². The van der Waals surface area contributed by atoms with Crippen molar-refractivity contribution in [1.82, 2.24) is 19.4 Å². The first-order chi connectivity index (χ1) is 12.9. The van der Waals surface area contributed by atoms with E-state index in [1.165, 1.54) is 35.5 Å². The van der Waals surface area contributed by atoms with Gasteiger partial charge < -0.3 is 4.52 Å². The quantitative estimate of drug-likeness (QED) is 0.620. The maximum absolute atomic E-state index is 12.7. The topological polar surface area (TPSA) is 106 Å². The first kappa shape index (κ1) is 17.5. The van der Waals surface area contributed by atoms with Gasteiger partial charge in [0, 0.05) is 24.8 Å². The summed E-state index contributed by atoms with van der Waals surface area (Å²) in [6.07, 6.45) is 1.64. The van der Waals surface area contributed by atoms with Gasteiger partial charge in [-0.25, -0.2) is 8.42 Å². The predicted octanol–water partition coefficient (Wildman–Crippen LogP) is 2.12. The molecule has 0 aliphatic carbocycles. The van der Waals surface area contributed by atoms with Crippen LogP contribution in [-0.4, -0.2) is 46.7 Å². The Labute approximate surface area is 155 Å². The summed E-state index contributed by atoms with van der Waals surface area (Å²) < 4.78 is 32.0. The lowest BCUT2D eigenvalue weighted by atomic mass is 10.0. The smallest absolute Gasteiger partial charge is 0.243 e. The van der Waals surface area contributed by atoms with Crippen molar-refractivity contribution in [1.29, 1.82) is 0 Å². The van der Waals surface area contributed by atoms with Gasteiger partial charge in [-0.3, -0.25) is 9.78 Å². The van der Waals surface area contributed by atoms with E-state index in [2.05, 4.69) is 15.1 Å². The Kier molecular flexibility index (Phi) is 4.33. The summed E-state index contributed by atoms with van der Waals surface area (Å²) in [6.45, 7) is 1.97. The number of benzene rings is 1. The van der Waals surface area contributed by atoms with Crippen LogP contribution in [0.2, 0.25) is 0 Å². The van der Waals surface area contributed by atoms with Crippen LogP contribution in [0.15, 0.2) is 58.1 Å². The normalized spacial score (nSPS) is 15.4. The molecule has 0 atom stereocenters. The SMILES string of the molecule is CC(=O)c1ccc(S(=O)(=O)N2CC(c3nc(-c4ccccn4)no3)C2)cc1. The molecule has 3 aromatic rings. The number of rotatable bonds is 5. The highest BCUT2D eigenvalue weighted by Gasteiger charge is 2.40. The first-order valence-electron chi connectivity index (χ1n) is 8.31. The van der Waals surface area contributed by atoms with Crippen LogP contribution in [0.1, 0.15) is 29.1 Å². The molecule has 1 aromatic carbocycles. The van der Waals surface area contributed by atoms with E-state index >= 15 is 0 Å². The highest BCUT2D eigenvalue weighted by molar-refractivity contribution is 7.89. The molecule has 9 heteroatoms. The molecular weight excluding hydrogens is 368 g/mol. The molecule has 1 saturated heterocycles. The van der Waals surface area contributed by atoms with E-state index in [4.69, 9.17) is 4.52 Å². The van der Waals surface area contributed by atoms with Gasteiger partial charge in [0.25, 0.3) is 0 Å². The number of carbonyl (C=O) groups is 1. The number of ketones is 1. The first-order valence-corrected chi connectivity index (χ1v) is 9.75. The average Bonchev–Trinajstić information content (AvgIpc) is 3.10. The molecule has 0 saturated carbocycles. The average molecular weight is 384 g/mol. The largest absolute Gasteiger partial charge is 0.339 e. The summed E-state index contributed by atoms with van der Waals surface area (Å²) in [7, 11) is -3.61. The summed E-state index contributed by atoms with van der Waals surface area (Å²) in [6, 6.07) is 11.3. The van der Waals surface area contributed by atoms with E-state index in [9.17, 15) is 13.2 Å². The van der Waals surface area contributed by atoms with Crippen molar-refractivity contribution in [2.75, 3.05) is 13.1 Å². The fourth-order valence-corrected chi connectivity index (χ4v) is 4.33. The molecule has 8 nitrogen and oxygen atoms in total. The van der Waals surface area contributed by atoms with Gasteiger partial charge in [0.1, 0.15) is 5.69 Å². The minimum atomic E-state index is -3.61. The Balaban J connectivity index is 1.46. The van der Waals surface area contributed by atoms with Crippen LogP contribution in [0.4, 0.5) is 0 Å². The van der Waals surface area contributed by atoms with Gasteiger partial charge in [-0.2, -0.15) is 9.29 Å². The lowest BCUT2D eigenvalue weighted by Crippen LogP contribution is -2.48. The zero-order valence-electron chi connectivity index (χ0n) is 14.4. The number of nitrogens with zero attached hydrogens (tertiary/aromatic N) is 4. The second kappa shape index (κ2) is 6.67. The van der Waals surface area contributed by atoms with Crippen molar-refractivity contribution in [3.05, 3.63) is 60.1 Å². The van der Waals surface area contributed by atoms with Crippen molar-refractivity contribution < 1.29 is 17.7 Å². The fourth-order valence-electron chi connectivity index (χ4n) is 2.80. The molecule has 1 aliphatic rings. The Morgan fingerprint density at radius 1 is 1.15 bits per heavy atom. The van der Waals surface area contributed by atoms with Gasteiger partial charge in [-0.05, 0) is 31.2 Å².